The quantitative estimate of drug-likeness (QED) is 0.237. The van der Waals surface area contributed by atoms with E-state index in [0.29, 0.717) is 23.7 Å². The molecule has 0 saturated carbocycles. The second-order valence-electron chi connectivity index (χ2n) is 5.03. The lowest BCUT2D eigenvalue weighted by Crippen LogP contribution is -2.05. The van der Waals surface area contributed by atoms with Crippen LogP contribution in [0.3, 0.4) is 0 Å². The van der Waals surface area contributed by atoms with Gasteiger partial charge in [0.05, 0.1) is 0 Å². The molecule has 0 aliphatic rings. The fraction of sp³-hybridized carbons (Fsp3) is 0.222. The summed E-state index contributed by atoms with van der Waals surface area (Å²) in [6, 6.07) is 17.8. The van der Waals surface area contributed by atoms with Gasteiger partial charge in [0.15, 0.2) is 0 Å². The van der Waals surface area contributed by atoms with Crippen molar-refractivity contribution in [2.75, 3.05) is 0 Å². The first-order valence-corrected chi connectivity index (χ1v) is 10.4. The number of rotatable bonds is 9. The zero-order chi connectivity index (χ0) is 17.3. The Bertz CT molecular complexity index is 643. The van der Waals surface area contributed by atoms with Gasteiger partial charge in [-0.05, 0) is 53.3 Å². The van der Waals surface area contributed by atoms with E-state index < -0.39 is 7.82 Å². The zero-order valence-corrected chi connectivity index (χ0v) is 16.5. The maximum Gasteiger partial charge on any atom is 0.646 e. The van der Waals surface area contributed by atoms with Crippen molar-refractivity contribution in [2.24, 2.45) is 0 Å². The van der Waals surface area contributed by atoms with Crippen LogP contribution < -0.4 is 9.05 Å². The van der Waals surface area contributed by atoms with Gasteiger partial charge in [0.1, 0.15) is 17.3 Å². The third-order valence-electron chi connectivity index (χ3n) is 3.05. The summed E-state index contributed by atoms with van der Waals surface area (Å²) in [7, 11) is -3.85. The van der Waals surface area contributed by atoms with Gasteiger partial charge in [-0.15, -0.1) is 0 Å². The minimum Gasteiger partial charge on any atom is -0.390 e. The second-order valence-corrected chi connectivity index (χ2v) is 7.09. The minimum atomic E-state index is -3.85. The highest BCUT2D eigenvalue weighted by molar-refractivity contribution is 14.1. The Morgan fingerprint density at radius 2 is 1.50 bits per heavy atom. The van der Waals surface area contributed by atoms with Crippen molar-refractivity contribution >= 4 is 30.4 Å². The Hall–Kier alpha value is -1.46. The van der Waals surface area contributed by atoms with Gasteiger partial charge in [-0.3, -0.25) is 0 Å². The van der Waals surface area contributed by atoms with Gasteiger partial charge in [0.2, 0.25) is 0 Å². The first-order valence-electron chi connectivity index (χ1n) is 7.73. The van der Waals surface area contributed by atoms with Gasteiger partial charge in [-0.2, -0.15) is 4.57 Å². The van der Waals surface area contributed by atoms with Crippen LogP contribution in [0.1, 0.15) is 26.2 Å². The van der Waals surface area contributed by atoms with E-state index in [1.165, 1.54) is 0 Å². The van der Waals surface area contributed by atoms with Crippen LogP contribution >= 0.6 is 30.4 Å². The predicted octanol–water partition coefficient (Wildman–Crippen LogP) is 6.74. The molecule has 0 amide bonds. The number of hydrogen-bond donors (Lipinski definition) is 0. The predicted molar refractivity (Wildman–Crippen MR) is 104 cm³/mol. The lowest BCUT2D eigenvalue weighted by molar-refractivity contribution is 0.250. The summed E-state index contributed by atoms with van der Waals surface area (Å²) in [6.45, 7) is 2.09. The van der Waals surface area contributed by atoms with Gasteiger partial charge >= 0.3 is 7.82 Å². The number of hydrogen-bond acceptors (Lipinski definition) is 4. The highest BCUT2D eigenvalue weighted by Crippen LogP contribution is 2.51. The standard InChI is InChI=1S/C18H20IO4P/c1-2-3-10-18(15-19)23-24(20,21-16-11-6-4-7-12-16)22-17-13-8-5-9-14-17/h4-9,11-15H,2-3,10H2,1H3/b18-15-. The third kappa shape index (κ3) is 6.21. The smallest absolute Gasteiger partial charge is 0.390 e. The van der Waals surface area contributed by atoms with Crippen LogP contribution in [-0.2, 0) is 9.09 Å². The number of phosphoric acid groups is 1. The normalized spacial score (nSPS) is 11.8. The van der Waals surface area contributed by atoms with E-state index in [-0.39, 0.29) is 0 Å². The topological polar surface area (TPSA) is 44.8 Å². The monoisotopic (exact) mass is 458 g/mol. The molecule has 6 heteroatoms. The number of unbranched alkanes of at least 4 members (excludes halogenated alkanes) is 1. The molecule has 24 heavy (non-hydrogen) atoms. The summed E-state index contributed by atoms with van der Waals surface area (Å²) in [4.78, 5) is 0. The lowest BCUT2D eigenvalue weighted by Gasteiger charge is -2.20. The van der Waals surface area contributed by atoms with Crippen molar-refractivity contribution in [1.29, 1.82) is 0 Å². The molecule has 0 aliphatic heterocycles. The molecular formula is C18H20IO4P. The van der Waals surface area contributed by atoms with E-state index in [2.05, 4.69) is 29.5 Å². The summed E-state index contributed by atoms with van der Waals surface area (Å²) >= 11 is 2.07. The molecule has 128 valence electrons. The highest BCUT2D eigenvalue weighted by Gasteiger charge is 2.33. The molecule has 0 heterocycles. The lowest BCUT2D eigenvalue weighted by atomic mass is 10.2. The Morgan fingerprint density at radius 1 is 1.00 bits per heavy atom. The minimum absolute atomic E-state index is 0.431. The fourth-order valence-electron chi connectivity index (χ4n) is 1.89. The first kappa shape index (κ1) is 18.9. The van der Waals surface area contributed by atoms with Gasteiger partial charge in [-0.25, -0.2) is 0 Å². The molecule has 0 aromatic heterocycles. The Labute approximate surface area is 156 Å². The zero-order valence-electron chi connectivity index (χ0n) is 13.4. The average molecular weight is 458 g/mol. The van der Waals surface area contributed by atoms with Crippen molar-refractivity contribution in [1.82, 2.24) is 0 Å². The largest absolute Gasteiger partial charge is 0.646 e. The number of benzene rings is 2. The summed E-state index contributed by atoms with van der Waals surface area (Å²) in [5, 5.41) is 0. The number of para-hydroxylation sites is 2. The number of halogens is 1. The molecule has 0 unspecified atom stereocenters. The van der Waals surface area contributed by atoms with Crippen molar-refractivity contribution in [3.05, 3.63) is 70.5 Å². The fourth-order valence-corrected chi connectivity index (χ4v) is 3.83. The Kier molecular flexibility index (Phi) is 7.66. The van der Waals surface area contributed by atoms with E-state index >= 15 is 0 Å². The molecule has 0 N–H and O–H groups in total. The van der Waals surface area contributed by atoms with Crippen molar-refractivity contribution in [3.8, 4) is 11.5 Å². The molecule has 2 aromatic rings. The molecule has 2 rings (SSSR count). The molecular weight excluding hydrogens is 438 g/mol. The van der Waals surface area contributed by atoms with Crippen LogP contribution in [0.25, 0.3) is 0 Å². The van der Waals surface area contributed by atoms with E-state index in [0.717, 1.165) is 12.8 Å². The highest BCUT2D eigenvalue weighted by atomic mass is 127. The molecule has 0 spiro atoms. The summed E-state index contributed by atoms with van der Waals surface area (Å²) in [5.41, 5.74) is 0. The summed E-state index contributed by atoms with van der Waals surface area (Å²) < 4.78 is 31.8. The van der Waals surface area contributed by atoms with E-state index in [1.807, 2.05) is 12.1 Å². The maximum atomic E-state index is 13.2. The first-order chi connectivity index (χ1) is 11.6. The molecule has 0 radical (unpaired) electrons. The molecule has 0 atom stereocenters. The Morgan fingerprint density at radius 3 is 1.92 bits per heavy atom. The van der Waals surface area contributed by atoms with Crippen LogP contribution in [-0.4, -0.2) is 0 Å². The van der Waals surface area contributed by atoms with Crippen molar-refractivity contribution in [2.45, 2.75) is 26.2 Å². The molecule has 4 nitrogen and oxygen atoms in total. The van der Waals surface area contributed by atoms with Crippen LogP contribution in [0.5, 0.6) is 11.5 Å². The summed E-state index contributed by atoms with van der Waals surface area (Å²) in [5.74, 6) is 1.45. The van der Waals surface area contributed by atoms with E-state index in [4.69, 9.17) is 13.6 Å². The third-order valence-corrected chi connectivity index (χ3v) is 5.07. The van der Waals surface area contributed by atoms with Gasteiger partial charge in [0, 0.05) is 10.5 Å². The van der Waals surface area contributed by atoms with E-state index in [9.17, 15) is 4.57 Å². The average Bonchev–Trinajstić information content (AvgIpc) is 2.60. The van der Waals surface area contributed by atoms with Gasteiger partial charge in [0.25, 0.3) is 0 Å². The van der Waals surface area contributed by atoms with Gasteiger partial charge in [-0.1, -0.05) is 49.7 Å². The van der Waals surface area contributed by atoms with Gasteiger partial charge < -0.3 is 13.6 Å². The summed E-state index contributed by atoms with van der Waals surface area (Å²) in [6.07, 6.45) is 2.63. The van der Waals surface area contributed by atoms with Crippen molar-refractivity contribution < 1.29 is 18.1 Å². The SMILES string of the molecule is CCCC/C(=C/I)OP(=O)(Oc1ccccc1)Oc1ccccc1. The maximum absolute atomic E-state index is 13.2. The number of phosphoric ester groups is 1. The molecule has 0 bridgehead atoms. The van der Waals surface area contributed by atoms with E-state index in [1.54, 1.807) is 52.6 Å². The Balaban J connectivity index is 2.21. The van der Waals surface area contributed by atoms with Crippen LogP contribution in [0.4, 0.5) is 0 Å². The van der Waals surface area contributed by atoms with Crippen LogP contribution in [0.2, 0.25) is 0 Å². The molecule has 0 fully saturated rings. The molecule has 0 aliphatic carbocycles. The van der Waals surface area contributed by atoms with Crippen molar-refractivity contribution in [3.63, 3.8) is 0 Å². The molecule has 0 saturated heterocycles. The number of allylic oxidation sites excluding steroid dienone is 1. The molecule has 2 aromatic carbocycles. The second kappa shape index (κ2) is 9.74. The van der Waals surface area contributed by atoms with Crippen LogP contribution in [0.15, 0.2) is 70.5 Å². The van der Waals surface area contributed by atoms with Crippen LogP contribution in [0, 0.1) is 0 Å².